The zero-order chi connectivity index (χ0) is 27.0. The average Bonchev–Trinajstić information content (AvgIpc) is 3.41. The van der Waals surface area contributed by atoms with E-state index in [0.717, 1.165) is 28.1 Å². The van der Waals surface area contributed by atoms with Gasteiger partial charge in [-0.25, -0.2) is 18.9 Å². The predicted octanol–water partition coefficient (Wildman–Crippen LogP) is 6.07. The lowest BCUT2D eigenvalue weighted by Gasteiger charge is -2.10. The molecule has 0 saturated carbocycles. The SMILES string of the molecule is O=C(NCCCNc1cc(-c2cn(-c3ccccc3)nc2-c2cccc(O)c2)ccn1)Nc1ccc(F)cc1. The summed E-state index contributed by atoms with van der Waals surface area (Å²) in [5.41, 5.74) is 4.81. The van der Waals surface area contributed by atoms with Gasteiger partial charge in [-0.15, -0.1) is 0 Å². The monoisotopic (exact) mass is 522 g/mol. The third kappa shape index (κ3) is 6.58. The van der Waals surface area contributed by atoms with Crippen LogP contribution in [0.1, 0.15) is 6.42 Å². The summed E-state index contributed by atoms with van der Waals surface area (Å²) in [6.45, 7) is 1.04. The third-order valence-electron chi connectivity index (χ3n) is 5.97. The first-order valence-corrected chi connectivity index (χ1v) is 12.5. The molecule has 5 aromatic rings. The van der Waals surface area contributed by atoms with Crippen molar-refractivity contribution in [2.45, 2.75) is 6.42 Å². The fraction of sp³-hybridized carbons (Fsp3) is 0.100. The highest BCUT2D eigenvalue weighted by Gasteiger charge is 2.15. The number of rotatable bonds is 9. The number of anilines is 2. The van der Waals surface area contributed by atoms with E-state index in [1.165, 1.54) is 24.3 Å². The number of nitrogens with zero attached hydrogens (tertiary/aromatic N) is 3. The van der Waals surface area contributed by atoms with E-state index in [9.17, 15) is 14.3 Å². The summed E-state index contributed by atoms with van der Waals surface area (Å²) in [4.78, 5) is 16.5. The number of hydrogen-bond donors (Lipinski definition) is 4. The minimum Gasteiger partial charge on any atom is -0.508 e. The van der Waals surface area contributed by atoms with E-state index >= 15 is 0 Å². The average molecular weight is 523 g/mol. The van der Waals surface area contributed by atoms with Gasteiger partial charge in [0.25, 0.3) is 0 Å². The number of carbonyl (C=O) groups is 1. The molecule has 4 N–H and O–H groups in total. The van der Waals surface area contributed by atoms with Crippen LogP contribution < -0.4 is 16.0 Å². The van der Waals surface area contributed by atoms with E-state index in [-0.39, 0.29) is 17.6 Å². The summed E-state index contributed by atoms with van der Waals surface area (Å²) in [5.74, 6) is 0.507. The molecule has 3 aromatic carbocycles. The minimum atomic E-state index is -0.356. The summed E-state index contributed by atoms with van der Waals surface area (Å²) in [6, 6.07) is 26.0. The number of benzene rings is 3. The molecule has 0 atom stereocenters. The molecule has 2 amide bonds. The first-order chi connectivity index (χ1) is 19.0. The van der Waals surface area contributed by atoms with Gasteiger partial charge >= 0.3 is 6.03 Å². The van der Waals surface area contributed by atoms with Crippen LogP contribution in [-0.2, 0) is 0 Å². The van der Waals surface area contributed by atoms with Crippen LogP contribution >= 0.6 is 0 Å². The van der Waals surface area contributed by atoms with Crippen molar-refractivity contribution in [2.24, 2.45) is 0 Å². The number of urea groups is 1. The molecule has 0 aliphatic carbocycles. The van der Waals surface area contributed by atoms with E-state index in [0.29, 0.717) is 31.0 Å². The number of para-hydroxylation sites is 1. The van der Waals surface area contributed by atoms with Gasteiger partial charge in [-0.1, -0.05) is 30.3 Å². The van der Waals surface area contributed by atoms with Crippen molar-refractivity contribution in [2.75, 3.05) is 23.7 Å². The van der Waals surface area contributed by atoms with Gasteiger partial charge in [-0.3, -0.25) is 0 Å². The Hall–Kier alpha value is -5.18. The lowest BCUT2D eigenvalue weighted by atomic mass is 10.0. The molecule has 39 heavy (non-hydrogen) atoms. The molecule has 0 saturated heterocycles. The van der Waals surface area contributed by atoms with Gasteiger partial charge in [0.2, 0.25) is 0 Å². The number of aromatic hydroxyl groups is 1. The quantitative estimate of drug-likeness (QED) is 0.176. The number of halogens is 1. The molecule has 0 fully saturated rings. The number of aromatic nitrogens is 3. The molecule has 0 radical (unpaired) electrons. The van der Waals surface area contributed by atoms with E-state index in [1.807, 2.05) is 59.4 Å². The summed E-state index contributed by atoms with van der Waals surface area (Å²) in [7, 11) is 0. The molecular formula is C30H27FN6O2. The fourth-order valence-corrected chi connectivity index (χ4v) is 4.07. The van der Waals surface area contributed by atoms with Gasteiger partial charge in [0.05, 0.1) is 5.69 Å². The zero-order valence-corrected chi connectivity index (χ0v) is 21.0. The number of pyridine rings is 1. The molecule has 0 aliphatic heterocycles. The minimum absolute atomic E-state index is 0.171. The molecule has 2 heterocycles. The Balaban J connectivity index is 1.25. The van der Waals surface area contributed by atoms with Gasteiger partial charge in [0, 0.05) is 42.3 Å². The Bertz CT molecular complexity index is 1550. The van der Waals surface area contributed by atoms with Crippen molar-refractivity contribution in [3.63, 3.8) is 0 Å². The van der Waals surface area contributed by atoms with Crippen LogP contribution in [0.5, 0.6) is 5.75 Å². The lowest BCUT2D eigenvalue weighted by Crippen LogP contribution is -2.30. The van der Waals surface area contributed by atoms with Crippen molar-refractivity contribution in [1.82, 2.24) is 20.1 Å². The molecular weight excluding hydrogens is 495 g/mol. The molecule has 8 nitrogen and oxygen atoms in total. The third-order valence-corrected chi connectivity index (χ3v) is 5.97. The van der Waals surface area contributed by atoms with Gasteiger partial charge < -0.3 is 21.1 Å². The predicted molar refractivity (Wildman–Crippen MR) is 150 cm³/mol. The highest BCUT2D eigenvalue weighted by molar-refractivity contribution is 5.89. The summed E-state index contributed by atoms with van der Waals surface area (Å²) in [5, 5.41) is 23.6. The second kappa shape index (κ2) is 11.9. The van der Waals surface area contributed by atoms with Gasteiger partial charge in [0.15, 0.2) is 0 Å². The van der Waals surface area contributed by atoms with Crippen LogP contribution in [0.4, 0.5) is 20.7 Å². The number of carbonyl (C=O) groups excluding carboxylic acids is 1. The first kappa shape index (κ1) is 25.5. The Labute approximate surface area is 225 Å². The number of phenolic OH excluding ortho intramolecular Hbond substituents is 1. The zero-order valence-electron chi connectivity index (χ0n) is 21.0. The fourth-order valence-electron chi connectivity index (χ4n) is 4.07. The highest BCUT2D eigenvalue weighted by atomic mass is 19.1. The summed E-state index contributed by atoms with van der Waals surface area (Å²) < 4.78 is 14.8. The molecule has 0 aliphatic rings. The molecule has 9 heteroatoms. The number of phenols is 1. The molecule has 0 bridgehead atoms. The second-order valence-electron chi connectivity index (χ2n) is 8.82. The Kier molecular flexibility index (Phi) is 7.78. The normalized spacial score (nSPS) is 10.7. The Morgan fingerprint density at radius 3 is 2.51 bits per heavy atom. The molecule has 2 aromatic heterocycles. The van der Waals surface area contributed by atoms with Crippen molar-refractivity contribution >= 4 is 17.5 Å². The van der Waals surface area contributed by atoms with Crippen molar-refractivity contribution in [3.05, 3.63) is 109 Å². The largest absolute Gasteiger partial charge is 0.508 e. The smallest absolute Gasteiger partial charge is 0.319 e. The topological polar surface area (TPSA) is 104 Å². The number of amides is 2. The van der Waals surface area contributed by atoms with Crippen molar-refractivity contribution in [3.8, 4) is 33.8 Å². The van der Waals surface area contributed by atoms with Crippen LogP contribution in [0, 0.1) is 5.82 Å². The van der Waals surface area contributed by atoms with Crippen LogP contribution in [0.2, 0.25) is 0 Å². The maximum Gasteiger partial charge on any atom is 0.319 e. The van der Waals surface area contributed by atoms with E-state index in [2.05, 4.69) is 20.9 Å². The van der Waals surface area contributed by atoms with Crippen molar-refractivity contribution in [1.29, 1.82) is 0 Å². The molecule has 196 valence electrons. The van der Waals surface area contributed by atoms with Crippen LogP contribution in [0.3, 0.4) is 0 Å². The van der Waals surface area contributed by atoms with E-state index < -0.39 is 0 Å². The van der Waals surface area contributed by atoms with Crippen LogP contribution in [-0.4, -0.2) is 39.0 Å². The summed E-state index contributed by atoms with van der Waals surface area (Å²) >= 11 is 0. The maximum absolute atomic E-state index is 13.0. The van der Waals surface area contributed by atoms with Crippen molar-refractivity contribution < 1.29 is 14.3 Å². The van der Waals surface area contributed by atoms with E-state index in [4.69, 9.17) is 5.10 Å². The van der Waals surface area contributed by atoms with Crippen LogP contribution in [0.25, 0.3) is 28.1 Å². The van der Waals surface area contributed by atoms with Gasteiger partial charge in [-0.05, 0) is 72.6 Å². The Morgan fingerprint density at radius 2 is 1.72 bits per heavy atom. The first-order valence-electron chi connectivity index (χ1n) is 12.5. The van der Waals surface area contributed by atoms with E-state index in [1.54, 1.807) is 24.4 Å². The molecule has 0 unspecified atom stereocenters. The van der Waals surface area contributed by atoms with Gasteiger partial charge in [0.1, 0.15) is 23.1 Å². The Morgan fingerprint density at radius 1 is 0.897 bits per heavy atom. The maximum atomic E-state index is 13.0. The standard InChI is InChI=1S/C30H27FN6O2/c31-23-10-12-24(13-11-23)35-30(39)34-16-5-15-32-28-19-21(14-17-33-28)27-20-37(25-7-2-1-3-8-25)36-29(27)22-6-4-9-26(38)18-22/h1-4,6-14,17-20,38H,5,15-16H2,(H,32,33)(H2,34,35,39). The van der Waals surface area contributed by atoms with Crippen LogP contribution in [0.15, 0.2) is 103 Å². The number of hydrogen-bond acceptors (Lipinski definition) is 5. The van der Waals surface area contributed by atoms with Gasteiger partial charge in [-0.2, -0.15) is 5.10 Å². The number of nitrogens with one attached hydrogen (secondary N) is 3. The molecule has 5 rings (SSSR count). The summed E-state index contributed by atoms with van der Waals surface area (Å²) in [6.07, 6.45) is 4.37. The molecule has 0 spiro atoms. The lowest BCUT2D eigenvalue weighted by molar-refractivity contribution is 0.252. The highest BCUT2D eigenvalue weighted by Crippen LogP contribution is 2.34. The second-order valence-corrected chi connectivity index (χ2v) is 8.82.